The average molecular weight is 197 g/mol. The summed E-state index contributed by atoms with van der Waals surface area (Å²) in [6.07, 6.45) is 3.58. The van der Waals surface area contributed by atoms with Crippen LogP contribution in [0.5, 0.6) is 0 Å². The van der Waals surface area contributed by atoms with Crippen LogP contribution in [0.1, 0.15) is 48.0 Å². The lowest BCUT2D eigenvalue weighted by Crippen LogP contribution is -2.50. The summed E-state index contributed by atoms with van der Waals surface area (Å²) in [5.74, 6) is 0. The molecule has 0 fully saturated rings. The van der Waals surface area contributed by atoms with Gasteiger partial charge in [-0.2, -0.15) is 0 Å². The Bertz CT molecular complexity index is 228. The van der Waals surface area contributed by atoms with E-state index in [0.29, 0.717) is 0 Å². The van der Waals surface area contributed by atoms with Gasteiger partial charge in [0.15, 0.2) is 0 Å². The summed E-state index contributed by atoms with van der Waals surface area (Å²) in [5.41, 5.74) is 0.508. The summed E-state index contributed by atoms with van der Waals surface area (Å²) in [6.45, 7) is 16.0. The van der Waals surface area contributed by atoms with Crippen molar-refractivity contribution in [3.63, 3.8) is 0 Å². The van der Waals surface area contributed by atoms with Crippen LogP contribution in [0.25, 0.3) is 0 Å². The van der Waals surface area contributed by atoms with Gasteiger partial charge in [-0.05, 0) is 41.5 Å². The molecule has 1 rings (SSSR count). The molecule has 0 N–H and O–H groups in total. The molecule has 0 radical (unpaired) electrons. The van der Waals surface area contributed by atoms with Crippen molar-refractivity contribution in [3.05, 3.63) is 0 Å². The molecule has 2 nitrogen and oxygen atoms in total. The zero-order chi connectivity index (χ0) is 11.0. The van der Waals surface area contributed by atoms with E-state index in [-0.39, 0.29) is 11.1 Å². The van der Waals surface area contributed by atoms with Gasteiger partial charge in [0.05, 0.1) is 24.2 Å². The van der Waals surface area contributed by atoms with Gasteiger partial charge in [0.1, 0.15) is 0 Å². The molecule has 0 aliphatic carbocycles. The van der Waals surface area contributed by atoms with E-state index in [0.717, 1.165) is 0 Å². The SMILES string of the molecule is CC(C)(C)N1C=[N+](C(C)(C)C)CCC1. The molecule has 82 valence electrons. The molecule has 0 saturated heterocycles. The van der Waals surface area contributed by atoms with E-state index in [1.54, 1.807) is 0 Å². The van der Waals surface area contributed by atoms with Crippen LogP contribution in [0.3, 0.4) is 0 Å². The van der Waals surface area contributed by atoms with Gasteiger partial charge >= 0.3 is 0 Å². The molecule has 1 heterocycles. The lowest BCUT2D eigenvalue weighted by Gasteiger charge is -2.34. The van der Waals surface area contributed by atoms with Crippen LogP contribution in [0.4, 0.5) is 0 Å². The Hall–Kier alpha value is -0.530. The zero-order valence-corrected chi connectivity index (χ0v) is 10.6. The zero-order valence-electron chi connectivity index (χ0n) is 10.6. The fourth-order valence-corrected chi connectivity index (χ4v) is 1.71. The molecule has 0 atom stereocenters. The minimum atomic E-state index is 0.254. The highest BCUT2D eigenvalue weighted by molar-refractivity contribution is 5.51. The van der Waals surface area contributed by atoms with Gasteiger partial charge in [-0.15, -0.1) is 0 Å². The van der Waals surface area contributed by atoms with Gasteiger partial charge in [0.25, 0.3) is 0 Å². The molecule has 2 heteroatoms. The van der Waals surface area contributed by atoms with Crippen LogP contribution in [0.15, 0.2) is 0 Å². The average Bonchev–Trinajstić information content (AvgIpc) is 2.01. The second-order valence-corrected chi connectivity index (χ2v) is 6.20. The van der Waals surface area contributed by atoms with Crippen LogP contribution in [-0.4, -0.2) is 40.0 Å². The normalized spacial score (nSPS) is 19.6. The fraction of sp³-hybridized carbons (Fsp3) is 0.917. The van der Waals surface area contributed by atoms with E-state index < -0.39 is 0 Å². The third-order valence-electron chi connectivity index (χ3n) is 2.80. The molecule has 1 aliphatic heterocycles. The predicted molar refractivity (Wildman–Crippen MR) is 62.0 cm³/mol. The van der Waals surface area contributed by atoms with Gasteiger partial charge in [0, 0.05) is 6.42 Å². The van der Waals surface area contributed by atoms with Crippen molar-refractivity contribution < 1.29 is 4.58 Å². The molecule has 0 bridgehead atoms. The summed E-state index contributed by atoms with van der Waals surface area (Å²) in [6, 6.07) is 0. The molecule has 1 aliphatic rings. The molecule has 0 aromatic rings. The standard InChI is InChI=1S/C12H25N2/c1-11(2,3)13-8-7-9-14(10-13)12(4,5)6/h10H,7-9H2,1-6H3/q+1. The van der Waals surface area contributed by atoms with E-state index in [9.17, 15) is 0 Å². The van der Waals surface area contributed by atoms with Gasteiger partial charge in [-0.25, -0.2) is 0 Å². The predicted octanol–water partition coefficient (Wildman–Crippen LogP) is 2.33. The first kappa shape index (κ1) is 11.5. The first-order valence-electron chi connectivity index (χ1n) is 5.60. The fourth-order valence-electron chi connectivity index (χ4n) is 1.71. The molecule has 14 heavy (non-hydrogen) atoms. The Labute approximate surface area is 88.6 Å². The first-order chi connectivity index (χ1) is 6.21. The molecular weight excluding hydrogens is 172 g/mol. The quantitative estimate of drug-likeness (QED) is 0.540. The van der Waals surface area contributed by atoms with Crippen molar-refractivity contribution >= 4 is 6.34 Å². The van der Waals surface area contributed by atoms with Crippen molar-refractivity contribution in [2.75, 3.05) is 13.1 Å². The maximum atomic E-state index is 2.45. The smallest absolute Gasteiger partial charge is 0.234 e. The van der Waals surface area contributed by atoms with E-state index in [4.69, 9.17) is 0 Å². The maximum Gasteiger partial charge on any atom is 0.234 e. The first-order valence-corrected chi connectivity index (χ1v) is 5.60. The maximum absolute atomic E-state index is 2.45. The van der Waals surface area contributed by atoms with Crippen LogP contribution in [0.2, 0.25) is 0 Å². The van der Waals surface area contributed by atoms with E-state index in [1.165, 1.54) is 19.5 Å². The number of rotatable bonds is 0. The Balaban J connectivity index is 2.85. The van der Waals surface area contributed by atoms with Gasteiger partial charge < -0.3 is 0 Å². The van der Waals surface area contributed by atoms with Crippen molar-refractivity contribution in [3.8, 4) is 0 Å². The van der Waals surface area contributed by atoms with Gasteiger partial charge in [-0.3, -0.25) is 9.48 Å². The highest BCUT2D eigenvalue weighted by Crippen LogP contribution is 2.17. The Kier molecular flexibility index (Phi) is 2.93. The highest BCUT2D eigenvalue weighted by Gasteiger charge is 2.31. The summed E-state index contributed by atoms with van der Waals surface area (Å²) < 4.78 is 2.45. The van der Waals surface area contributed by atoms with E-state index >= 15 is 0 Å². The van der Waals surface area contributed by atoms with Crippen molar-refractivity contribution in [2.24, 2.45) is 0 Å². The van der Waals surface area contributed by atoms with Crippen LogP contribution in [-0.2, 0) is 0 Å². The monoisotopic (exact) mass is 197 g/mol. The molecule has 0 aromatic carbocycles. The Morgan fingerprint density at radius 3 is 2.07 bits per heavy atom. The number of nitrogens with zero attached hydrogens (tertiary/aromatic N) is 2. The summed E-state index contributed by atoms with van der Waals surface area (Å²) in [5, 5.41) is 0. The van der Waals surface area contributed by atoms with Crippen molar-refractivity contribution in [1.29, 1.82) is 0 Å². The largest absolute Gasteiger partial charge is 0.264 e. The van der Waals surface area contributed by atoms with Crippen LogP contribution < -0.4 is 0 Å². The second kappa shape index (κ2) is 3.56. The lowest BCUT2D eigenvalue weighted by molar-refractivity contribution is -0.601. The Morgan fingerprint density at radius 2 is 1.64 bits per heavy atom. The summed E-state index contributed by atoms with van der Waals surface area (Å²) in [4.78, 5) is 2.45. The van der Waals surface area contributed by atoms with Crippen molar-refractivity contribution in [2.45, 2.75) is 59.0 Å². The third-order valence-corrected chi connectivity index (χ3v) is 2.80. The molecule has 0 spiro atoms. The molecule has 0 amide bonds. The summed E-state index contributed by atoms with van der Waals surface area (Å²) >= 11 is 0. The van der Waals surface area contributed by atoms with Crippen molar-refractivity contribution in [1.82, 2.24) is 4.90 Å². The van der Waals surface area contributed by atoms with E-state index in [1.807, 2.05) is 0 Å². The lowest BCUT2D eigenvalue weighted by atomic mass is 10.0. The minimum absolute atomic E-state index is 0.254. The molecular formula is C12H25N2+. The number of hydrogen-bond donors (Lipinski definition) is 0. The van der Waals surface area contributed by atoms with Crippen LogP contribution in [0, 0.1) is 0 Å². The van der Waals surface area contributed by atoms with Crippen LogP contribution >= 0.6 is 0 Å². The second-order valence-electron chi connectivity index (χ2n) is 6.20. The molecule has 0 unspecified atom stereocenters. The van der Waals surface area contributed by atoms with E-state index in [2.05, 4.69) is 57.4 Å². The number of hydrogen-bond acceptors (Lipinski definition) is 1. The molecule has 0 aromatic heterocycles. The third kappa shape index (κ3) is 2.73. The summed E-state index contributed by atoms with van der Waals surface area (Å²) in [7, 11) is 0. The topological polar surface area (TPSA) is 6.25 Å². The molecule has 0 saturated carbocycles. The minimum Gasteiger partial charge on any atom is -0.264 e. The Morgan fingerprint density at radius 1 is 1.07 bits per heavy atom. The van der Waals surface area contributed by atoms with Gasteiger partial charge in [-0.1, -0.05) is 0 Å². The highest BCUT2D eigenvalue weighted by atomic mass is 15.3. The van der Waals surface area contributed by atoms with Gasteiger partial charge in [0.2, 0.25) is 6.34 Å².